The number of H-pyrrole nitrogens is 1. The molecule has 0 saturated carbocycles. The molecule has 0 atom stereocenters. The molecule has 0 aliphatic heterocycles. The van der Waals surface area contributed by atoms with Crippen molar-refractivity contribution >= 4 is 22.5 Å². The molecular weight excluding hydrogens is 254 g/mol. The first-order valence-electron chi connectivity index (χ1n) is 5.71. The van der Waals surface area contributed by atoms with Crippen molar-refractivity contribution in [2.75, 3.05) is 13.6 Å². The number of benzene rings is 1. The number of nitrogens with one attached hydrogen (secondary N) is 2. The number of hydrogen-bond donors (Lipinski definition) is 2. The summed E-state index contributed by atoms with van der Waals surface area (Å²) in [6.07, 6.45) is 0.714. The second kappa shape index (κ2) is 5.37. The smallest absolute Gasteiger partial charge is 0.320 e. The molecule has 1 heterocycles. The largest absolute Gasteiger partial charge is 0.328 e. The molecule has 18 heavy (non-hydrogen) atoms. The molecule has 0 fully saturated rings. The van der Waals surface area contributed by atoms with Crippen LogP contribution in [0.25, 0.3) is 10.9 Å². The molecule has 0 aliphatic carbocycles. The number of hydrogen-bond acceptors (Lipinski definition) is 3. The van der Waals surface area contributed by atoms with E-state index in [2.05, 4.69) is 10.3 Å². The first-order valence-corrected chi connectivity index (χ1v) is 6.09. The predicted molar refractivity (Wildman–Crippen MR) is 72.4 cm³/mol. The lowest BCUT2D eigenvalue weighted by molar-refractivity contribution is 0.578. The minimum absolute atomic E-state index is 0.299. The molecule has 6 heteroatoms. The van der Waals surface area contributed by atoms with Crippen LogP contribution < -0.4 is 16.6 Å². The van der Waals surface area contributed by atoms with Crippen LogP contribution in [0.3, 0.4) is 0 Å². The molecule has 0 saturated heterocycles. The molecule has 5 nitrogen and oxygen atoms in total. The Morgan fingerprint density at radius 1 is 1.39 bits per heavy atom. The van der Waals surface area contributed by atoms with E-state index in [1.165, 1.54) is 4.57 Å². The topological polar surface area (TPSA) is 66.9 Å². The van der Waals surface area contributed by atoms with Crippen LogP contribution in [0, 0.1) is 0 Å². The van der Waals surface area contributed by atoms with Gasteiger partial charge in [-0.3, -0.25) is 9.36 Å². The van der Waals surface area contributed by atoms with Gasteiger partial charge in [0.05, 0.1) is 15.9 Å². The van der Waals surface area contributed by atoms with Gasteiger partial charge in [0.1, 0.15) is 0 Å². The van der Waals surface area contributed by atoms with Crippen molar-refractivity contribution in [2.45, 2.75) is 13.0 Å². The van der Waals surface area contributed by atoms with Crippen LogP contribution in [0.1, 0.15) is 6.42 Å². The molecule has 0 radical (unpaired) electrons. The highest BCUT2D eigenvalue weighted by molar-refractivity contribution is 6.34. The fourth-order valence-electron chi connectivity index (χ4n) is 1.86. The van der Waals surface area contributed by atoms with Gasteiger partial charge in [0.15, 0.2) is 0 Å². The predicted octanol–water partition coefficient (Wildman–Crippen LogP) is 0.953. The van der Waals surface area contributed by atoms with Crippen molar-refractivity contribution < 1.29 is 0 Å². The highest BCUT2D eigenvalue weighted by atomic mass is 35.5. The Morgan fingerprint density at radius 2 is 2.17 bits per heavy atom. The van der Waals surface area contributed by atoms with E-state index in [4.69, 9.17) is 11.6 Å². The molecule has 1 aromatic heterocycles. The number of aromatic amines is 1. The fraction of sp³-hybridized carbons (Fsp3) is 0.333. The molecular formula is C12H14ClN3O2. The van der Waals surface area contributed by atoms with Gasteiger partial charge in [-0.15, -0.1) is 0 Å². The average Bonchev–Trinajstić information content (AvgIpc) is 2.35. The minimum atomic E-state index is -0.420. The summed E-state index contributed by atoms with van der Waals surface area (Å²) < 4.78 is 1.20. The summed E-state index contributed by atoms with van der Waals surface area (Å²) in [5.41, 5.74) is -0.317. The first kappa shape index (κ1) is 12.9. The van der Waals surface area contributed by atoms with E-state index >= 15 is 0 Å². The zero-order chi connectivity index (χ0) is 13.1. The van der Waals surface area contributed by atoms with Crippen molar-refractivity contribution in [3.63, 3.8) is 0 Å². The molecule has 2 aromatic rings. The summed E-state index contributed by atoms with van der Waals surface area (Å²) in [4.78, 5) is 26.6. The van der Waals surface area contributed by atoms with Gasteiger partial charge in [-0.25, -0.2) is 4.79 Å². The number of fused-ring (bicyclic) bond motifs is 1. The summed E-state index contributed by atoms with van der Waals surface area (Å²) >= 11 is 5.95. The molecule has 0 amide bonds. The highest BCUT2D eigenvalue weighted by Gasteiger charge is 2.08. The average molecular weight is 268 g/mol. The van der Waals surface area contributed by atoms with E-state index in [1.807, 2.05) is 7.05 Å². The van der Waals surface area contributed by atoms with Crippen LogP contribution in [0.15, 0.2) is 27.8 Å². The summed E-state index contributed by atoms with van der Waals surface area (Å²) in [5, 5.41) is 3.79. The van der Waals surface area contributed by atoms with Gasteiger partial charge in [-0.05, 0) is 32.1 Å². The van der Waals surface area contributed by atoms with Crippen molar-refractivity contribution in [2.24, 2.45) is 0 Å². The molecule has 2 N–H and O–H groups in total. The molecule has 2 rings (SSSR count). The highest BCUT2D eigenvalue weighted by Crippen LogP contribution is 2.16. The fourth-order valence-corrected chi connectivity index (χ4v) is 2.08. The summed E-state index contributed by atoms with van der Waals surface area (Å²) in [6.45, 7) is 1.14. The Hall–Kier alpha value is -1.59. The molecule has 96 valence electrons. The lowest BCUT2D eigenvalue weighted by Gasteiger charge is -2.06. The SMILES string of the molecule is CNCCCn1c(=O)[nH]c2c(Cl)cccc2c1=O. The maximum Gasteiger partial charge on any atom is 0.328 e. The molecule has 1 aromatic carbocycles. The first-order chi connectivity index (χ1) is 8.65. The quantitative estimate of drug-likeness (QED) is 0.811. The van der Waals surface area contributed by atoms with Crippen LogP contribution in [-0.2, 0) is 6.54 Å². The zero-order valence-electron chi connectivity index (χ0n) is 10.00. The van der Waals surface area contributed by atoms with Crippen molar-refractivity contribution in [1.29, 1.82) is 0 Å². The third-order valence-corrected chi connectivity index (χ3v) is 3.09. The van der Waals surface area contributed by atoms with E-state index in [1.54, 1.807) is 18.2 Å². The number of halogens is 1. The minimum Gasteiger partial charge on any atom is -0.320 e. The summed E-state index contributed by atoms with van der Waals surface area (Å²) in [7, 11) is 1.83. The number of nitrogens with zero attached hydrogens (tertiary/aromatic N) is 1. The second-order valence-electron chi connectivity index (χ2n) is 4.01. The van der Waals surface area contributed by atoms with Gasteiger partial charge in [-0.1, -0.05) is 17.7 Å². The van der Waals surface area contributed by atoms with Crippen LogP contribution in [0.2, 0.25) is 5.02 Å². The molecule has 0 aliphatic rings. The van der Waals surface area contributed by atoms with E-state index < -0.39 is 5.69 Å². The third-order valence-electron chi connectivity index (χ3n) is 2.77. The zero-order valence-corrected chi connectivity index (χ0v) is 10.8. The maximum absolute atomic E-state index is 12.2. The lowest BCUT2D eigenvalue weighted by atomic mass is 10.2. The van der Waals surface area contributed by atoms with Crippen LogP contribution >= 0.6 is 11.6 Å². The van der Waals surface area contributed by atoms with Gasteiger partial charge in [0.2, 0.25) is 0 Å². The molecule has 0 bridgehead atoms. The number of rotatable bonds is 4. The summed E-state index contributed by atoms with van der Waals surface area (Å²) in [6, 6.07) is 5.00. The molecule has 0 spiro atoms. The standard InChI is InChI=1S/C12H14ClN3O2/c1-14-6-3-7-16-11(17)8-4-2-5-9(13)10(8)15-12(16)18/h2,4-5,14H,3,6-7H2,1H3,(H,15,18). The van der Waals surface area contributed by atoms with E-state index in [0.29, 0.717) is 28.9 Å². The van der Waals surface area contributed by atoms with Gasteiger partial charge < -0.3 is 10.3 Å². The number of aromatic nitrogens is 2. The Kier molecular flexibility index (Phi) is 3.84. The normalized spacial score (nSPS) is 11.0. The Morgan fingerprint density at radius 3 is 2.89 bits per heavy atom. The van der Waals surface area contributed by atoms with E-state index in [0.717, 1.165) is 6.54 Å². The Bertz CT molecular complexity index is 675. The van der Waals surface area contributed by atoms with Gasteiger partial charge in [-0.2, -0.15) is 0 Å². The van der Waals surface area contributed by atoms with Crippen LogP contribution in [-0.4, -0.2) is 23.1 Å². The Labute approximate surface area is 108 Å². The van der Waals surface area contributed by atoms with Gasteiger partial charge >= 0.3 is 5.69 Å². The van der Waals surface area contributed by atoms with Crippen LogP contribution in [0.5, 0.6) is 0 Å². The second-order valence-corrected chi connectivity index (χ2v) is 4.41. The maximum atomic E-state index is 12.2. The van der Waals surface area contributed by atoms with Crippen molar-refractivity contribution in [3.05, 3.63) is 44.1 Å². The van der Waals surface area contributed by atoms with Gasteiger partial charge in [0, 0.05) is 6.54 Å². The third kappa shape index (κ3) is 2.32. The van der Waals surface area contributed by atoms with Crippen LogP contribution in [0.4, 0.5) is 0 Å². The van der Waals surface area contributed by atoms with Crippen molar-refractivity contribution in [1.82, 2.24) is 14.9 Å². The van der Waals surface area contributed by atoms with Crippen molar-refractivity contribution in [3.8, 4) is 0 Å². The summed E-state index contributed by atoms with van der Waals surface area (Å²) in [5.74, 6) is 0. The van der Waals surface area contributed by atoms with E-state index in [9.17, 15) is 9.59 Å². The van der Waals surface area contributed by atoms with Gasteiger partial charge in [0.25, 0.3) is 5.56 Å². The van der Waals surface area contributed by atoms with E-state index in [-0.39, 0.29) is 5.56 Å². The monoisotopic (exact) mass is 267 g/mol. The molecule has 0 unspecified atom stereocenters. The Balaban J connectivity index is 2.56. The lowest BCUT2D eigenvalue weighted by Crippen LogP contribution is -2.35. The number of para-hydroxylation sites is 1.